The summed E-state index contributed by atoms with van der Waals surface area (Å²) in [4.78, 5) is 23.4. The first-order valence-electron chi connectivity index (χ1n) is 8.91. The fourth-order valence-electron chi connectivity index (χ4n) is 2.52. The molecule has 0 saturated carbocycles. The molecule has 0 heterocycles. The highest BCUT2D eigenvalue weighted by Gasteiger charge is 2.09. The van der Waals surface area contributed by atoms with Crippen molar-refractivity contribution < 1.29 is 9.59 Å². The summed E-state index contributed by atoms with van der Waals surface area (Å²) in [6, 6.07) is 16.5. The second-order valence-corrected chi connectivity index (χ2v) is 6.23. The lowest BCUT2D eigenvalue weighted by molar-refractivity contribution is -0.114. The quantitative estimate of drug-likeness (QED) is 0.561. The summed E-state index contributed by atoms with van der Waals surface area (Å²) in [6.07, 6.45) is 4.80. The van der Waals surface area contributed by atoms with Crippen LogP contribution in [0.1, 0.15) is 37.8 Å². The third-order valence-electron chi connectivity index (χ3n) is 3.94. The summed E-state index contributed by atoms with van der Waals surface area (Å²) in [5.41, 5.74) is 3.25. The highest BCUT2D eigenvalue weighted by atomic mass is 16.2. The van der Waals surface area contributed by atoms with Crippen LogP contribution < -0.4 is 10.6 Å². The molecule has 2 amide bonds. The molecule has 27 heavy (non-hydrogen) atoms. The van der Waals surface area contributed by atoms with Gasteiger partial charge in [-0.3, -0.25) is 9.59 Å². The zero-order valence-corrected chi connectivity index (χ0v) is 15.6. The van der Waals surface area contributed by atoms with Crippen molar-refractivity contribution >= 4 is 29.3 Å². The van der Waals surface area contributed by atoms with Crippen molar-refractivity contribution in [2.45, 2.75) is 33.1 Å². The van der Waals surface area contributed by atoms with E-state index in [1.807, 2.05) is 30.3 Å². The number of aryl methyl sites for hydroxylation is 1. The number of unbranched alkanes of at least 4 members (excludes halogenated alkanes) is 1. The maximum atomic E-state index is 12.4. The van der Waals surface area contributed by atoms with Crippen LogP contribution in [-0.4, -0.2) is 11.8 Å². The van der Waals surface area contributed by atoms with Crippen molar-refractivity contribution in [3.63, 3.8) is 0 Å². The third-order valence-corrected chi connectivity index (χ3v) is 3.94. The van der Waals surface area contributed by atoms with E-state index in [1.165, 1.54) is 18.6 Å². The lowest BCUT2D eigenvalue weighted by atomic mass is 10.1. The monoisotopic (exact) mass is 361 g/mol. The number of amides is 2. The number of nitrogens with one attached hydrogen (secondary N) is 2. The van der Waals surface area contributed by atoms with Crippen molar-refractivity contribution in [3.05, 3.63) is 65.2 Å². The van der Waals surface area contributed by atoms with E-state index in [2.05, 4.69) is 17.6 Å². The van der Waals surface area contributed by atoms with Gasteiger partial charge in [0.1, 0.15) is 11.6 Å². The summed E-state index contributed by atoms with van der Waals surface area (Å²) >= 11 is 0. The number of hydrogen-bond donors (Lipinski definition) is 2. The highest BCUT2D eigenvalue weighted by Crippen LogP contribution is 2.15. The van der Waals surface area contributed by atoms with E-state index < -0.39 is 5.91 Å². The Morgan fingerprint density at radius 3 is 2.15 bits per heavy atom. The Morgan fingerprint density at radius 1 is 1.00 bits per heavy atom. The maximum Gasteiger partial charge on any atom is 0.266 e. The molecule has 0 unspecified atom stereocenters. The molecule has 0 fully saturated rings. The summed E-state index contributed by atoms with van der Waals surface area (Å²) in [6.45, 7) is 3.58. The number of carbonyl (C=O) groups is 2. The molecule has 0 atom stereocenters. The summed E-state index contributed by atoms with van der Waals surface area (Å²) in [5.74, 6) is -0.610. The molecule has 138 valence electrons. The van der Waals surface area contributed by atoms with Gasteiger partial charge in [0.15, 0.2) is 0 Å². The minimum Gasteiger partial charge on any atom is -0.326 e. The number of anilines is 2. The summed E-state index contributed by atoms with van der Waals surface area (Å²) < 4.78 is 0. The van der Waals surface area contributed by atoms with Crippen LogP contribution in [0.5, 0.6) is 0 Å². The Labute approximate surface area is 159 Å². The van der Waals surface area contributed by atoms with Gasteiger partial charge in [-0.2, -0.15) is 5.26 Å². The van der Waals surface area contributed by atoms with Crippen LogP contribution in [0.15, 0.2) is 54.1 Å². The molecule has 5 heteroatoms. The largest absolute Gasteiger partial charge is 0.326 e. The molecule has 0 bridgehead atoms. The lowest BCUT2D eigenvalue weighted by Gasteiger charge is -2.06. The van der Waals surface area contributed by atoms with E-state index in [1.54, 1.807) is 24.3 Å². The van der Waals surface area contributed by atoms with Crippen LogP contribution >= 0.6 is 0 Å². The van der Waals surface area contributed by atoms with Gasteiger partial charge >= 0.3 is 0 Å². The first-order valence-corrected chi connectivity index (χ1v) is 8.91. The minimum atomic E-state index is -0.454. The van der Waals surface area contributed by atoms with E-state index in [-0.39, 0.29) is 11.5 Å². The fourth-order valence-corrected chi connectivity index (χ4v) is 2.52. The smallest absolute Gasteiger partial charge is 0.266 e. The Bertz CT molecular complexity index is 860. The van der Waals surface area contributed by atoms with Gasteiger partial charge < -0.3 is 10.6 Å². The summed E-state index contributed by atoms with van der Waals surface area (Å²) in [5, 5.41) is 14.7. The number of carbonyl (C=O) groups excluding carboxylic acids is 2. The number of hydrogen-bond acceptors (Lipinski definition) is 3. The van der Waals surface area contributed by atoms with Crippen LogP contribution in [0.3, 0.4) is 0 Å². The van der Waals surface area contributed by atoms with Crippen molar-refractivity contribution in [1.29, 1.82) is 5.26 Å². The Kier molecular flexibility index (Phi) is 7.33. The van der Waals surface area contributed by atoms with E-state index >= 15 is 0 Å². The number of benzene rings is 2. The normalized spacial score (nSPS) is 10.8. The predicted molar refractivity (Wildman–Crippen MR) is 108 cm³/mol. The molecule has 0 aliphatic heterocycles. The molecule has 0 aliphatic carbocycles. The van der Waals surface area contributed by atoms with Gasteiger partial charge in [0, 0.05) is 18.3 Å². The first-order chi connectivity index (χ1) is 13.0. The summed E-state index contributed by atoms with van der Waals surface area (Å²) in [7, 11) is 0. The van der Waals surface area contributed by atoms with Crippen molar-refractivity contribution in [2.24, 2.45) is 0 Å². The molecule has 2 aromatic rings. The molecule has 2 N–H and O–H groups in total. The second kappa shape index (κ2) is 9.93. The number of nitrogens with zero attached hydrogens (tertiary/aromatic N) is 1. The van der Waals surface area contributed by atoms with Crippen LogP contribution in [0.2, 0.25) is 0 Å². The molecule has 2 aromatic carbocycles. The molecule has 5 nitrogen and oxygen atoms in total. The Hall–Kier alpha value is -3.39. The standard InChI is InChI=1S/C22H23N3O2/c1-3-4-5-17-6-10-21(11-7-17)25-22(27)19(15-23)14-18-8-12-20(13-9-18)24-16(2)26/h6-14H,3-5H2,1-2H3,(H,24,26)(H,25,27)/b19-14+. The van der Waals surface area contributed by atoms with Crippen LogP contribution in [0, 0.1) is 11.3 Å². The predicted octanol–water partition coefficient (Wildman–Crippen LogP) is 4.53. The SMILES string of the molecule is CCCCc1ccc(NC(=O)/C(C#N)=C/c2ccc(NC(C)=O)cc2)cc1. The molecule has 2 rings (SSSR count). The zero-order chi connectivity index (χ0) is 19.6. The van der Waals surface area contributed by atoms with E-state index in [0.29, 0.717) is 16.9 Å². The average molecular weight is 361 g/mol. The lowest BCUT2D eigenvalue weighted by Crippen LogP contribution is -2.13. The Morgan fingerprint density at radius 2 is 1.59 bits per heavy atom. The number of rotatable bonds is 7. The first kappa shape index (κ1) is 19.9. The number of nitriles is 1. The van der Waals surface area contributed by atoms with Gasteiger partial charge in [-0.25, -0.2) is 0 Å². The third kappa shape index (κ3) is 6.44. The molecular formula is C22H23N3O2. The van der Waals surface area contributed by atoms with Gasteiger partial charge in [0.25, 0.3) is 5.91 Å². The van der Waals surface area contributed by atoms with Gasteiger partial charge in [0.2, 0.25) is 5.91 Å². The molecule has 0 radical (unpaired) electrons. The maximum absolute atomic E-state index is 12.4. The topological polar surface area (TPSA) is 82.0 Å². The van der Waals surface area contributed by atoms with Gasteiger partial charge in [-0.1, -0.05) is 37.6 Å². The van der Waals surface area contributed by atoms with Gasteiger partial charge in [-0.05, 0) is 54.3 Å². The highest BCUT2D eigenvalue weighted by molar-refractivity contribution is 6.09. The van der Waals surface area contributed by atoms with Gasteiger partial charge in [-0.15, -0.1) is 0 Å². The molecule has 0 spiro atoms. The van der Waals surface area contributed by atoms with E-state index in [4.69, 9.17) is 0 Å². The van der Waals surface area contributed by atoms with Crippen LogP contribution in [0.4, 0.5) is 11.4 Å². The zero-order valence-electron chi connectivity index (χ0n) is 15.6. The molecule has 0 saturated heterocycles. The minimum absolute atomic E-state index is 0.0114. The fraction of sp³-hybridized carbons (Fsp3) is 0.227. The van der Waals surface area contributed by atoms with Crippen molar-refractivity contribution in [1.82, 2.24) is 0 Å². The molecular weight excluding hydrogens is 338 g/mol. The molecule has 0 aromatic heterocycles. The van der Waals surface area contributed by atoms with Crippen molar-refractivity contribution in [3.8, 4) is 6.07 Å². The van der Waals surface area contributed by atoms with E-state index in [0.717, 1.165) is 19.3 Å². The van der Waals surface area contributed by atoms with E-state index in [9.17, 15) is 14.9 Å². The Balaban J connectivity index is 2.05. The second-order valence-electron chi connectivity index (χ2n) is 6.23. The van der Waals surface area contributed by atoms with Crippen LogP contribution in [0.25, 0.3) is 6.08 Å². The van der Waals surface area contributed by atoms with Crippen LogP contribution in [-0.2, 0) is 16.0 Å². The average Bonchev–Trinajstić information content (AvgIpc) is 2.66. The molecule has 0 aliphatic rings. The van der Waals surface area contributed by atoms with Gasteiger partial charge in [0.05, 0.1) is 0 Å². The van der Waals surface area contributed by atoms with Crippen molar-refractivity contribution in [2.75, 3.05) is 10.6 Å².